The lowest BCUT2D eigenvalue weighted by Gasteiger charge is -2.08. The summed E-state index contributed by atoms with van der Waals surface area (Å²) in [6.45, 7) is 2.08. The molecule has 6 heteroatoms. The zero-order chi connectivity index (χ0) is 13.8. The monoisotopic (exact) mass is 387 g/mol. The summed E-state index contributed by atoms with van der Waals surface area (Å²) in [7, 11) is 0. The first-order valence-electron chi connectivity index (χ1n) is 5.84. The van der Waals surface area contributed by atoms with Gasteiger partial charge < -0.3 is 5.32 Å². The van der Waals surface area contributed by atoms with Crippen molar-refractivity contribution >= 4 is 43.4 Å². The molecule has 3 nitrogen and oxygen atoms in total. The van der Waals surface area contributed by atoms with Crippen molar-refractivity contribution in [1.29, 1.82) is 0 Å². The quantitative estimate of drug-likeness (QED) is 0.761. The number of nitrogens with zero attached hydrogens (tertiary/aromatic N) is 2. The van der Waals surface area contributed by atoms with Crippen LogP contribution >= 0.6 is 31.9 Å². The van der Waals surface area contributed by atoms with Crippen LogP contribution in [-0.2, 0) is 6.42 Å². The number of rotatable bonds is 4. The zero-order valence-corrected chi connectivity index (χ0v) is 13.4. The van der Waals surface area contributed by atoms with E-state index in [0.717, 1.165) is 29.0 Å². The second-order valence-electron chi connectivity index (χ2n) is 4.00. The van der Waals surface area contributed by atoms with Gasteiger partial charge >= 0.3 is 0 Å². The first-order chi connectivity index (χ1) is 9.08. The average Bonchev–Trinajstić information content (AvgIpc) is 2.33. The van der Waals surface area contributed by atoms with Gasteiger partial charge in [0.2, 0.25) is 0 Å². The largest absolute Gasteiger partial charge is 0.340 e. The van der Waals surface area contributed by atoms with Gasteiger partial charge in [-0.2, -0.15) is 0 Å². The van der Waals surface area contributed by atoms with E-state index >= 15 is 0 Å². The van der Waals surface area contributed by atoms with Crippen LogP contribution in [0.4, 0.5) is 15.9 Å². The molecule has 1 heterocycles. The Hall–Kier alpha value is -1.01. The van der Waals surface area contributed by atoms with Crippen LogP contribution in [0.15, 0.2) is 33.3 Å². The predicted octanol–water partition coefficient (Wildman–Crippen LogP) is 4.84. The Balaban J connectivity index is 2.24. The van der Waals surface area contributed by atoms with E-state index in [1.54, 1.807) is 18.2 Å². The second kappa shape index (κ2) is 6.43. The molecule has 1 aromatic heterocycles. The molecule has 0 unspecified atom stereocenters. The van der Waals surface area contributed by atoms with Crippen LogP contribution < -0.4 is 5.32 Å². The van der Waals surface area contributed by atoms with Gasteiger partial charge in [-0.15, -0.1) is 0 Å². The van der Waals surface area contributed by atoms with Crippen LogP contribution in [0.1, 0.15) is 19.2 Å². The third-order valence-corrected chi connectivity index (χ3v) is 3.42. The summed E-state index contributed by atoms with van der Waals surface area (Å²) in [5.74, 6) is 1.17. The number of benzene rings is 1. The fraction of sp³-hybridized carbons (Fsp3) is 0.231. The minimum absolute atomic E-state index is 0.291. The summed E-state index contributed by atoms with van der Waals surface area (Å²) in [5.41, 5.74) is 0.765. The van der Waals surface area contributed by atoms with Crippen molar-refractivity contribution in [2.45, 2.75) is 19.8 Å². The molecular formula is C13H12Br2FN3. The number of aryl methyl sites for hydroxylation is 1. The van der Waals surface area contributed by atoms with Gasteiger partial charge in [-0.25, -0.2) is 14.4 Å². The van der Waals surface area contributed by atoms with Crippen LogP contribution in [0.3, 0.4) is 0 Å². The van der Waals surface area contributed by atoms with Crippen molar-refractivity contribution in [2.75, 3.05) is 5.32 Å². The number of aromatic nitrogens is 2. The Labute approximate surface area is 127 Å². The van der Waals surface area contributed by atoms with Gasteiger partial charge in [0.1, 0.15) is 22.1 Å². The van der Waals surface area contributed by atoms with E-state index < -0.39 is 0 Å². The summed E-state index contributed by atoms with van der Waals surface area (Å²) in [6, 6.07) is 6.52. The summed E-state index contributed by atoms with van der Waals surface area (Å²) < 4.78 is 14.3. The maximum atomic E-state index is 13.2. The number of hydrogen-bond donors (Lipinski definition) is 1. The van der Waals surface area contributed by atoms with E-state index in [1.807, 2.05) is 0 Å². The maximum absolute atomic E-state index is 13.2. The molecule has 1 aromatic carbocycles. The number of hydrogen-bond acceptors (Lipinski definition) is 3. The fourth-order valence-electron chi connectivity index (χ4n) is 1.59. The molecule has 2 aromatic rings. The molecular weight excluding hydrogens is 377 g/mol. The lowest BCUT2D eigenvalue weighted by atomic mass is 10.3. The summed E-state index contributed by atoms with van der Waals surface area (Å²) in [4.78, 5) is 8.70. The average molecular weight is 389 g/mol. The van der Waals surface area contributed by atoms with E-state index in [1.165, 1.54) is 6.07 Å². The Kier molecular flexibility index (Phi) is 4.87. The molecule has 0 saturated heterocycles. The maximum Gasteiger partial charge on any atom is 0.137 e. The van der Waals surface area contributed by atoms with Crippen molar-refractivity contribution in [3.8, 4) is 0 Å². The van der Waals surface area contributed by atoms with Crippen molar-refractivity contribution in [3.63, 3.8) is 0 Å². The Morgan fingerprint density at radius 1 is 1.21 bits per heavy atom. The van der Waals surface area contributed by atoms with E-state index in [2.05, 4.69) is 54.1 Å². The standard InChI is InChI=1S/C13H12Br2FN3/c1-2-3-12-18-11(15)7-13(19-12)17-8-4-5-10(16)9(14)6-8/h4-7H,2-3H2,1H3,(H,17,18,19). The van der Waals surface area contributed by atoms with Crippen LogP contribution in [-0.4, -0.2) is 9.97 Å². The van der Waals surface area contributed by atoms with Gasteiger partial charge in [0.15, 0.2) is 0 Å². The van der Waals surface area contributed by atoms with Crippen LogP contribution in [0.2, 0.25) is 0 Å². The van der Waals surface area contributed by atoms with Crippen molar-refractivity contribution in [2.24, 2.45) is 0 Å². The molecule has 0 fully saturated rings. The van der Waals surface area contributed by atoms with Gasteiger partial charge in [0, 0.05) is 18.2 Å². The third-order valence-electron chi connectivity index (χ3n) is 2.41. The molecule has 0 atom stereocenters. The van der Waals surface area contributed by atoms with E-state index in [4.69, 9.17) is 0 Å². The molecule has 0 amide bonds. The number of nitrogens with one attached hydrogen (secondary N) is 1. The van der Waals surface area contributed by atoms with Crippen LogP contribution in [0.5, 0.6) is 0 Å². The number of anilines is 2. The second-order valence-corrected chi connectivity index (χ2v) is 5.66. The minimum atomic E-state index is -0.291. The minimum Gasteiger partial charge on any atom is -0.340 e. The van der Waals surface area contributed by atoms with Gasteiger partial charge in [-0.3, -0.25) is 0 Å². The van der Waals surface area contributed by atoms with E-state index in [9.17, 15) is 4.39 Å². The van der Waals surface area contributed by atoms with Crippen LogP contribution in [0.25, 0.3) is 0 Å². The first-order valence-corrected chi connectivity index (χ1v) is 7.42. The fourth-order valence-corrected chi connectivity index (χ4v) is 2.39. The molecule has 0 bridgehead atoms. The Morgan fingerprint density at radius 3 is 2.68 bits per heavy atom. The molecule has 0 spiro atoms. The highest BCUT2D eigenvalue weighted by atomic mass is 79.9. The molecule has 0 aliphatic heterocycles. The molecule has 100 valence electrons. The first kappa shape index (κ1) is 14.4. The molecule has 0 saturated carbocycles. The Morgan fingerprint density at radius 2 is 2.00 bits per heavy atom. The molecule has 0 radical (unpaired) electrons. The zero-order valence-electron chi connectivity index (χ0n) is 10.3. The predicted molar refractivity (Wildman–Crippen MR) is 81.1 cm³/mol. The summed E-state index contributed by atoms with van der Waals surface area (Å²) in [5, 5.41) is 3.13. The third kappa shape index (κ3) is 3.98. The van der Waals surface area contributed by atoms with Gasteiger partial charge in [-0.1, -0.05) is 6.92 Å². The van der Waals surface area contributed by atoms with Gasteiger partial charge in [0.25, 0.3) is 0 Å². The van der Waals surface area contributed by atoms with Crippen LogP contribution in [0, 0.1) is 5.82 Å². The SMILES string of the molecule is CCCc1nc(Br)cc(Nc2ccc(F)c(Br)c2)n1. The van der Waals surface area contributed by atoms with Crippen molar-refractivity contribution in [3.05, 3.63) is 45.0 Å². The highest BCUT2D eigenvalue weighted by Gasteiger charge is 2.05. The molecule has 2 rings (SSSR count). The highest BCUT2D eigenvalue weighted by molar-refractivity contribution is 9.10. The lowest BCUT2D eigenvalue weighted by Crippen LogP contribution is -2.00. The normalized spacial score (nSPS) is 10.5. The smallest absolute Gasteiger partial charge is 0.137 e. The van der Waals surface area contributed by atoms with E-state index in [-0.39, 0.29) is 5.82 Å². The molecule has 0 aliphatic rings. The Bertz CT molecular complexity index is 590. The topological polar surface area (TPSA) is 37.8 Å². The number of halogens is 3. The summed E-state index contributed by atoms with van der Waals surface area (Å²) in [6.07, 6.45) is 1.80. The van der Waals surface area contributed by atoms with Crippen molar-refractivity contribution in [1.82, 2.24) is 9.97 Å². The van der Waals surface area contributed by atoms with E-state index in [0.29, 0.717) is 10.3 Å². The molecule has 19 heavy (non-hydrogen) atoms. The lowest BCUT2D eigenvalue weighted by molar-refractivity contribution is 0.621. The summed E-state index contributed by atoms with van der Waals surface area (Å²) >= 11 is 6.52. The van der Waals surface area contributed by atoms with Gasteiger partial charge in [-0.05, 0) is 56.5 Å². The molecule has 0 aliphatic carbocycles. The van der Waals surface area contributed by atoms with Crippen molar-refractivity contribution < 1.29 is 4.39 Å². The van der Waals surface area contributed by atoms with Gasteiger partial charge in [0.05, 0.1) is 4.47 Å². The highest BCUT2D eigenvalue weighted by Crippen LogP contribution is 2.23. The molecule has 1 N–H and O–H groups in total.